The molecule has 0 saturated heterocycles. The smallest absolute Gasteiger partial charge is 0.373 e. The van der Waals surface area contributed by atoms with Gasteiger partial charge in [0.25, 0.3) is 24.5 Å². The molecule has 0 atom stereocenters. The molecule has 2 amide bonds. The molecule has 0 aliphatic heterocycles. The third-order valence-corrected chi connectivity index (χ3v) is 4.46. The maximum Gasteiger partial charge on any atom is 0.416 e. The molecule has 3 rings (SSSR count). The summed E-state index contributed by atoms with van der Waals surface area (Å²) in [7, 11) is 0. The molecule has 22 heteroatoms. The lowest BCUT2D eigenvalue weighted by atomic mass is 10.1. The summed E-state index contributed by atoms with van der Waals surface area (Å²) in [6.07, 6.45) is -1.13. The van der Waals surface area contributed by atoms with Crippen LogP contribution in [0.15, 0.2) is 37.4 Å². The normalized spacial score (nSPS) is 11.0. The van der Waals surface area contributed by atoms with E-state index < -0.39 is 63.1 Å². The lowest BCUT2D eigenvalue weighted by Crippen LogP contribution is -2.30. The number of carbonyl (C=O) groups is 2. The highest BCUT2D eigenvalue weighted by atomic mass is 35.5. The number of alkyl halides is 3. The molecule has 18 nitrogen and oxygen atoms in total. The van der Waals surface area contributed by atoms with Crippen LogP contribution in [-0.4, -0.2) is 41.4 Å². The maximum absolute atomic E-state index is 13.4. The fraction of sp³-hybridized carbons (Fsp3) is 0.200. The van der Waals surface area contributed by atoms with Gasteiger partial charge in [0.05, 0.1) is 22.0 Å². The molecular weight excluding hydrogens is 537 g/mol. The van der Waals surface area contributed by atoms with Crippen molar-refractivity contribution in [2.45, 2.75) is 19.3 Å². The number of nitrogens with zero attached hydrogens (tertiary/aromatic N) is 10. The first-order valence-electron chi connectivity index (χ1n) is 9.40. The predicted molar refractivity (Wildman–Crippen MR) is 110 cm³/mol. The van der Waals surface area contributed by atoms with Crippen molar-refractivity contribution < 1.29 is 42.2 Å². The zero-order chi connectivity index (χ0) is 27.3. The fourth-order valence-corrected chi connectivity index (χ4v) is 2.90. The summed E-state index contributed by atoms with van der Waals surface area (Å²) in [5.41, 5.74) is 3.53. The Morgan fingerprint density at radius 1 is 0.946 bits per heavy atom. The van der Waals surface area contributed by atoms with Crippen LogP contribution < -0.4 is 20.0 Å². The van der Waals surface area contributed by atoms with Gasteiger partial charge in [-0.1, -0.05) is 11.6 Å². The number of nitrogens with one attached hydrogen (secondary N) is 2. The first kappa shape index (κ1) is 26.5. The number of rotatable bonds is 10. The maximum atomic E-state index is 13.4. The van der Waals surface area contributed by atoms with E-state index in [1.165, 1.54) is 0 Å². The molecule has 1 aromatic carbocycles. The van der Waals surface area contributed by atoms with E-state index >= 15 is 0 Å². The Morgan fingerprint density at radius 3 is 1.70 bits per heavy atom. The third-order valence-electron chi connectivity index (χ3n) is 4.05. The van der Waals surface area contributed by atoms with E-state index in [1.54, 1.807) is 0 Å². The average Bonchev–Trinajstić information content (AvgIpc) is 3.38. The van der Waals surface area contributed by atoms with E-state index in [9.17, 15) is 43.0 Å². The van der Waals surface area contributed by atoms with Crippen LogP contribution in [0.2, 0.25) is 5.02 Å². The molecule has 0 fully saturated rings. The number of benzene rings is 1. The van der Waals surface area contributed by atoms with Crippen molar-refractivity contribution in [2.24, 2.45) is 0 Å². The van der Waals surface area contributed by atoms with Gasteiger partial charge < -0.3 is 30.9 Å². The van der Waals surface area contributed by atoms with E-state index in [0.29, 0.717) is 21.5 Å². The molecule has 0 aliphatic carbocycles. The molecule has 3 aromatic rings. The second kappa shape index (κ2) is 10.7. The van der Waals surface area contributed by atoms with Crippen LogP contribution >= 0.6 is 11.6 Å². The Balaban J connectivity index is 1.76. The molecule has 0 radical (unpaired) electrons. The van der Waals surface area contributed by atoms with Crippen molar-refractivity contribution in [1.29, 1.82) is 0 Å². The highest BCUT2D eigenvalue weighted by Crippen LogP contribution is 2.38. The van der Waals surface area contributed by atoms with Crippen LogP contribution in [0, 0.1) is 20.2 Å². The largest absolute Gasteiger partial charge is 0.416 e. The topological polar surface area (TPSA) is 216 Å². The molecule has 2 aromatic heterocycles. The van der Waals surface area contributed by atoms with Gasteiger partial charge in [-0.05, 0) is 21.5 Å². The third kappa shape index (κ3) is 7.45. The van der Waals surface area contributed by atoms with Crippen molar-refractivity contribution in [1.82, 2.24) is 19.6 Å². The molecule has 0 spiro atoms. The second-order valence-corrected chi connectivity index (χ2v) is 7.16. The van der Waals surface area contributed by atoms with Gasteiger partial charge in [-0.2, -0.15) is 13.2 Å². The van der Waals surface area contributed by atoms with Crippen LogP contribution in [0.25, 0.3) is 11.1 Å². The van der Waals surface area contributed by atoms with Crippen molar-refractivity contribution >= 4 is 34.8 Å². The number of aromatic nitrogens is 6. The molecular formula is C15H12ClF3N12O6. The van der Waals surface area contributed by atoms with Crippen molar-refractivity contribution in [3.63, 3.8) is 0 Å². The molecule has 0 unspecified atom stereocenters. The minimum Gasteiger partial charge on any atom is -0.373 e. The number of amides is 2. The minimum absolute atomic E-state index is 0.451. The van der Waals surface area contributed by atoms with E-state index in [4.69, 9.17) is 11.6 Å². The van der Waals surface area contributed by atoms with Crippen LogP contribution in [0.1, 0.15) is 5.56 Å². The van der Waals surface area contributed by atoms with Crippen LogP contribution in [0.3, 0.4) is 0 Å². The lowest BCUT2D eigenvalue weighted by Gasteiger charge is -2.15. The monoisotopic (exact) mass is 548 g/mol. The molecule has 196 valence electrons. The Bertz CT molecular complexity index is 1270. The number of halogens is 4. The second-order valence-electron chi connectivity index (χ2n) is 6.78. The number of nitro groups is 2. The minimum atomic E-state index is -4.89. The molecule has 2 heterocycles. The molecule has 2 N–H and O–H groups in total. The highest BCUT2D eigenvalue weighted by Gasteiger charge is 2.33. The standard InChI is InChI=1S/C15H12ClF3N12O6/c16-14-10(22-12(32)3-26-7-28(5-20-26)24-30(34)35)1-9(15(17,18)19)2-11(14)23-13(33)4-27-8-29(6-21-27)25-31(36)37/h1-2,5-8H,3-4H2,(H,22,32)(H,23,33). The van der Waals surface area contributed by atoms with Gasteiger partial charge in [0.2, 0.25) is 13.1 Å². The Kier molecular flexibility index (Phi) is 7.65. The highest BCUT2D eigenvalue weighted by molar-refractivity contribution is 6.37. The van der Waals surface area contributed by atoms with E-state index in [1.807, 2.05) is 0 Å². The number of anilines is 2. The zero-order valence-electron chi connectivity index (χ0n) is 17.8. The van der Waals surface area contributed by atoms with Crippen molar-refractivity contribution in [3.05, 3.63) is 79.3 Å². The van der Waals surface area contributed by atoms with E-state index in [-0.39, 0.29) is 0 Å². The quantitative estimate of drug-likeness (QED) is 0.203. The Hall–Kier alpha value is -5.08. The summed E-state index contributed by atoms with van der Waals surface area (Å²) in [6, 6.07) is 1.08. The summed E-state index contributed by atoms with van der Waals surface area (Å²) in [4.78, 5) is 45.4. The number of hydrogen-bond donors (Lipinski definition) is 2. The van der Waals surface area contributed by atoms with Gasteiger partial charge in [-0.25, -0.2) is 9.35 Å². The van der Waals surface area contributed by atoms with Gasteiger partial charge in [0.1, 0.15) is 10.2 Å². The number of carbonyl (C=O) groups excluding carboxylic acids is 2. The molecule has 0 saturated carbocycles. The van der Waals surface area contributed by atoms with Crippen LogP contribution in [0.5, 0.6) is 0 Å². The van der Waals surface area contributed by atoms with Crippen LogP contribution in [-0.2, 0) is 28.9 Å². The number of hydrogen-bond acceptors (Lipinski definition) is 8. The van der Waals surface area contributed by atoms with E-state index in [0.717, 1.165) is 34.7 Å². The first-order chi connectivity index (χ1) is 17.3. The fourth-order valence-electron chi connectivity index (χ4n) is 2.70. The zero-order valence-corrected chi connectivity index (χ0v) is 18.6. The summed E-state index contributed by atoms with van der Waals surface area (Å²) in [6.45, 7) is -1.16. The van der Waals surface area contributed by atoms with Gasteiger partial charge >= 0.3 is 18.8 Å². The van der Waals surface area contributed by atoms with Crippen molar-refractivity contribution in [3.8, 4) is 0 Å². The van der Waals surface area contributed by atoms with Gasteiger partial charge in [-0.15, -0.1) is 10.1 Å². The first-order valence-corrected chi connectivity index (χ1v) is 9.78. The summed E-state index contributed by atoms with van der Waals surface area (Å²) in [5, 5.41) is 29.8. The summed E-state index contributed by atoms with van der Waals surface area (Å²) < 4.78 is 43.5. The van der Waals surface area contributed by atoms with Crippen molar-refractivity contribution in [2.75, 3.05) is 10.6 Å². The van der Waals surface area contributed by atoms with E-state index in [2.05, 4.69) is 31.9 Å². The average molecular weight is 549 g/mol. The Labute approximate surface area is 206 Å². The lowest BCUT2D eigenvalue weighted by molar-refractivity contribution is -0.738. The van der Waals surface area contributed by atoms with Gasteiger partial charge in [0.15, 0.2) is 0 Å². The molecule has 37 heavy (non-hydrogen) atoms. The molecule has 0 aliphatic rings. The summed E-state index contributed by atoms with van der Waals surface area (Å²) >= 11 is 6.12. The van der Waals surface area contributed by atoms with Gasteiger partial charge in [0, 0.05) is 0 Å². The van der Waals surface area contributed by atoms with Gasteiger partial charge in [-0.3, -0.25) is 20.7 Å². The molecule has 0 bridgehead atoms. The van der Waals surface area contributed by atoms with Crippen LogP contribution in [0.4, 0.5) is 24.5 Å². The summed E-state index contributed by atoms with van der Waals surface area (Å²) in [5.74, 6) is -1.82. The predicted octanol–water partition coefficient (Wildman–Crippen LogP) is 0.261. The Morgan fingerprint density at radius 2 is 1.35 bits per heavy atom. The SMILES string of the molecule is O=C(Cn1c[n+]([N-][N+](=O)[O-])cn1)Nc1cc(C(F)(F)F)cc(NC(=O)Cn2c[n+]([N-][N+](=O)[O-])cn2)c1Cl.